The molecule has 2 heterocycles. The molecule has 1 aromatic rings. The first-order chi connectivity index (χ1) is 7.79. The van der Waals surface area contributed by atoms with Crippen molar-refractivity contribution in [2.45, 2.75) is 25.4 Å². The summed E-state index contributed by atoms with van der Waals surface area (Å²) in [7, 11) is 1.62. The molecular weight excluding hydrogens is 204 g/mol. The maximum absolute atomic E-state index is 5.87. The van der Waals surface area contributed by atoms with Gasteiger partial charge >= 0.3 is 0 Å². The molecule has 0 bridgehead atoms. The first kappa shape index (κ1) is 11.3. The Labute approximate surface area is 95.6 Å². The largest absolute Gasteiger partial charge is 0.480 e. The van der Waals surface area contributed by atoms with Crippen LogP contribution >= 0.6 is 0 Å². The second-order valence-electron chi connectivity index (χ2n) is 4.13. The highest BCUT2D eigenvalue weighted by molar-refractivity contribution is 5.16. The molecule has 88 valence electrons. The molecular formula is C11H18N4O. The third-order valence-electron chi connectivity index (χ3n) is 2.93. The first-order valence-corrected chi connectivity index (χ1v) is 5.61. The predicted molar refractivity (Wildman–Crippen MR) is 61.1 cm³/mol. The molecule has 1 aliphatic rings. The molecule has 2 rings (SSSR count). The van der Waals surface area contributed by atoms with Gasteiger partial charge in [-0.25, -0.2) is 4.98 Å². The number of nitrogens with two attached hydrogens (primary N) is 1. The van der Waals surface area contributed by atoms with Gasteiger partial charge in [-0.1, -0.05) is 0 Å². The van der Waals surface area contributed by atoms with Gasteiger partial charge in [-0.2, -0.15) is 0 Å². The van der Waals surface area contributed by atoms with Crippen LogP contribution in [0.25, 0.3) is 0 Å². The van der Waals surface area contributed by atoms with Crippen LogP contribution in [0, 0.1) is 0 Å². The molecule has 0 aromatic carbocycles. The monoisotopic (exact) mass is 222 g/mol. The van der Waals surface area contributed by atoms with Crippen LogP contribution in [0.4, 0.5) is 0 Å². The number of hydrogen-bond acceptors (Lipinski definition) is 5. The highest BCUT2D eigenvalue weighted by Gasteiger charge is 2.18. The van der Waals surface area contributed by atoms with Crippen molar-refractivity contribution >= 4 is 0 Å². The Morgan fingerprint density at radius 3 is 2.75 bits per heavy atom. The number of aromatic nitrogens is 2. The minimum Gasteiger partial charge on any atom is -0.480 e. The van der Waals surface area contributed by atoms with Gasteiger partial charge in [0, 0.05) is 38.1 Å². The minimum absolute atomic E-state index is 0.361. The molecule has 5 heteroatoms. The van der Waals surface area contributed by atoms with Crippen molar-refractivity contribution < 1.29 is 4.74 Å². The summed E-state index contributed by atoms with van der Waals surface area (Å²) in [5.41, 5.74) is 6.77. The van der Waals surface area contributed by atoms with Crippen LogP contribution in [-0.4, -0.2) is 41.1 Å². The number of methoxy groups -OCH3 is 1. The van der Waals surface area contributed by atoms with E-state index in [-0.39, 0.29) is 0 Å². The van der Waals surface area contributed by atoms with E-state index in [9.17, 15) is 0 Å². The van der Waals surface area contributed by atoms with Crippen LogP contribution < -0.4 is 10.5 Å². The van der Waals surface area contributed by atoms with E-state index in [1.54, 1.807) is 19.5 Å². The van der Waals surface area contributed by atoms with E-state index in [0.29, 0.717) is 11.9 Å². The van der Waals surface area contributed by atoms with Gasteiger partial charge in [0.05, 0.1) is 7.11 Å². The third kappa shape index (κ3) is 2.68. The van der Waals surface area contributed by atoms with Gasteiger partial charge in [0.2, 0.25) is 5.88 Å². The number of hydrogen-bond donors (Lipinski definition) is 1. The van der Waals surface area contributed by atoms with E-state index >= 15 is 0 Å². The lowest BCUT2D eigenvalue weighted by atomic mass is 10.1. The Balaban J connectivity index is 1.98. The SMILES string of the molecule is COc1nccnc1CN1CCC(N)CC1. The van der Waals surface area contributed by atoms with Crippen LogP contribution in [0.15, 0.2) is 12.4 Å². The number of nitrogens with zero attached hydrogens (tertiary/aromatic N) is 3. The summed E-state index contributed by atoms with van der Waals surface area (Å²) in [5, 5.41) is 0. The molecule has 0 amide bonds. The molecule has 1 aliphatic heterocycles. The molecule has 0 radical (unpaired) electrons. The molecule has 0 saturated carbocycles. The second kappa shape index (κ2) is 5.23. The molecule has 0 unspecified atom stereocenters. The van der Waals surface area contributed by atoms with Crippen molar-refractivity contribution in [1.29, 1.82) is 0 Å². The summed E-state index contributed by atoms with van der Waals surface area (Å²) >= 11 is 0. The van der Waals surface area contributed by atoms with Crippen molar-refractivity contribution in [3.8, 4) is 5.88 Å². The normalized spacial score (nSPS) is 18.6. The van der Waals surface area contributed by atoms with Gasteiger partial charge in [-0.3, -0.25) is 9.88 Å². The fraction of sp³-hybridized carbons (Fsp3) is 0.636. The number of ether oxygens (including phenoxy) is 1. The third-order valence-corrected chi connectivity index (χ3v) is 2.93. The van der Waals surface area contributed by atoms with Crippen molar-refractivity contribution in [2.75, 3.05) is 20.2 Å². The Hall–Kier alpha value is -1.20. The van der Waals surface area contributed by atoms with E-state index in [4.69, 9.17) is 10.5 Å². The van der Waals surface area contributed by atoms with Crippen molar-refractivity contribution in [1.82, 2.24) is 14.9 Å². The Morgan fingerprint density at radius 2 is 2.06 bits per heavy atom. The summed E-state index contributed by atoms with van der Waals surface area (Å²) in [5.74, 6) is 0.623. The van der Waals surface area contributed by atoms with Gasteiger partial charge in [0.1, 0.15) is 5.69 Å². The topological polar surface area (TPSA) is 64.3 Å². The highest BCUT2D eigenvalue weighted by atomic mass is 16.5. The fourth-order valence-corrected chi connectivity index (χ4v) is 1.96. The molecule has 2 N–H and O–H groups in total. The summed E-state index contributed by atoms with van der Waals surface area (Å²) < 4.78 is 5.18. The molecule has 1 saturated heterocycles. The van der Waals surface area contributed by atoms with Crippen LogP contribution in [0.1, 0.15) is 18.5 Å². The van der Waals surface area contributed by atoms with Crippen molar-refractivity contribution in [3.05, 3.63) is 18.1 Å². The van der Waals surface area contributed by atoms with E-state index in [2.05, 4.69) is 14.9 Å². The summed E-state index contributed by atoms with van der Waals surface area (Å²) in [6.45, 7) is 2.85. The van der Waals surface area contributed by atoms with Crippen molar-refractivity contribution in [2.24, 2.45) is 5.73 Å². The second-order valence-corrected chi connectivity index (χ2v) is 4.13. The van der Waals surface area contributed by atoms with Gasteiger partial charge < -0.3 is 10.5 Å². The lowest BCUT2D eigenvalue weighted by Gasteiger charge is -2.29. The average molecular weight is 222 g/mol. The fourth-order valence-electron chi connectivity index (χ4n) is 1.96. The summed E-state index contributed by atoms with van der Waals surface area (Å²) in [6, 6.07) is 0.361. The van der Waals surface area contributed by atoms with E-state index in [1.807, 2.05) is 0 Å². The quantitative estimate of drug-likeness (QED) is 0.802. The molecule has 5 nitrogen and oxygen atoms in total. The van der Waals surface area contributed by atoms with Crippen LogP contribution in [0.2, 0.25) is 0 Å². The summed E-state index contributed by atoms with van der Waals surface area (Å²) in [4.78, 5) is 10.8. The maximum Gasteiger partial charge on any atom is 0.236 e. The van der Waals surface area contributed by atoms with Crippen LogP contribution in [-0.2, 0) is 6.54 Å². The maximum atomic E-state index is 5.87. The lowest BCUT2D eigenvalue weighted by Crippen LogP contribution is -2.39. The number of rotatable bonds is 3. The molecule has 0 aliphatic carbocycles. The Bertz CT molecular complexity index is 337. The smallest absolute Gasteiger partial charge is 0.236 e. The minimum atomic E-state index is 0.361. The van der Waals surface area contributed by atoms with Crippen LogP contribution in [0.5, 0.6) is 5.88 Å². The van der Waals surface area contributed by atoms with Gasteiger partial charge in [-0.05, 0) is 12.8 Å². The molecule has 0 atom stereocenters. The average Bonchev–Trinajstić information content (AvgIpc) is 2.33. The zero-order chi connectivity index (χ0) is 11.4. The Kier molecular flexibility index (Phi) is 3.69. The first-order valence-electron chi connectivity index (χ1n) is 5.61. The lowest BCUT2D eigenvalue weighted by molar-refractivity contribution is 0.200. The van der Waals surface area contributed by atoms with E-state index in [1.165, 1.54) is 0 Å². The van der Waals surface area contributed by atoms with E-state index in [0.717, 1.165) is 38.2 Å². The van der Waals surface area contributed by atoms with Gasteiger partial charge in [0.15, 0.2) is 0 Å². The van der Waals surface area contributed by atoms with Crippen molar-refractivity contribution in [3.63, 3.8) is 0 Å². The Morgan fingerprint density at radius 1 is 1.38 bits per heavy atom. The molecule has 16 heavy (non-hydrogen) atoms. The van der Waals surface area contributed by atoms with E-state index < -0.39 is 0 Å². The number of likely N-dealkylation sites (tertiary alicyclic amines) is 1. The highest BCUT2D eigenvalue weighted by Crippen LogP contribution is 2.16. The molecule has 1 aromatic heterocycles. The van der Waals surface area contributed by atoms with Gasteiger partial charge in [-0.15, -0.1) is 0 Å². The standard InChI is InChI=1S/C11H18N4O/c1-16-11-10(13-4-5-14-11)8-15-6-2-9(12)3-7-15/h4-5,9H,2-3,6-8,12H2,1H3. The molecule has 0 spiro atoms. The predicted octanol–water partition coefficient (Wildman–Crippen LogP) is 0.408. The molecule has 1 fully saturated rings. The zero-order valence-electron chi connectivity index (χ0n) is 9.59. The number of piperidine rings is 1. The zero-order valence-corrected chi connectivity index (χ0v) is 9.59. The van der Waals surface area contributed by atoms with Crippen LogP contribution in [0.3, 0.4) is 0 Å². The summed E-state index contributed by atoms with van der Waals surface area (Å²) in [6.07, 6.45) is 5.47. The van der Waals surface area contributed by atoms with Gasteiger partial charge in [0.25, 0.3) is 0 Å².